The van der Waals surface area contributed by atoms with Crippen molar-refractivity contribution < 1.29 is 24.3 Å². The summed E-state index contributed by atoms with van der Waals surface area (Å²) in [7, 11) is 0. The molecule has 1 aliphatic carbocycles. The van der Waals surface area contributed by atoms with Crippen molar-refractivity contribution in [2.45, 2.75) is 75.9 Å². The number of hydrogen-bond donors (Lipinski definition) is 5. The van der Waals surface area contributed by atoms with Crippen LogP contribution < -0.4 is 21.3 Å². The Kier molecular flexibility index (Phi) is 13.7. The predicted molar refractivity (Wildman–Crippen MR) is 132 cm³/mol. The van der Waals surface area contributed by atoms with E-state index < -0.39 is 11.6 Å². The number of nitrogens with one attached hydrogen (secondary N) is 4. The molecule has 0 radical (unpaired) electrons. The first-order valence-electron chi connectivity index (χ1n) is 11.9. The standard InChI is InChI=1S/C26H36N4O5/c1-4-17-27-22(32)11-14-26(15-12-23(33)28-18-5-2,16-13-24(34)29-19-6-3)30-25(35)20-7-9-21(31)10-8-20/h1-3,20-21,31H,7-19H2,(H,27,32)(H,28,33)(H,29,34)(H,30,35). The zero-order valence-corrected chi connectivity index (χ0v) is 20.2. The highest BCUT2D eigenvalue weighted by atomic mass is 16.3. The largest absolute Gasteiger partial charge is 0.393 e. The number of carbonyl (C=O) groups is 4. The Labute approximate surface area is 207 Å². The van der Waals surface area contributed by atoms with Gasteiger partial charge in [0.05, 0.1) is 25.7 Å². The number of aliphatic hydroxyl groups is 1. The Morgan fingerprint density at radius 1 is 0.714 bits per heavy atom. The first-order chi connectivity index (χ1) is 16.7. The van der Waals surface area contributed by atoms with Crippen LogP contribution in [-0.2, 0) is 19.2 Å². The van der Waals surface area contributed by atoms with Crippen LogP contribution in [0, 0.1) is 42.9 Å². The van der Waals surface area contributed by atoms with E-state index in [-0.39, 0.29) is 87.7 Å². The van der Waals surface area contributed by atoms with Crippen LogP contribution in [0.15, 0.2) is 0 Å². The summed E-state index contributed by atoms with van der Waals surface area (Å²) in [6.07, 6.45) is 18.1. The fourth-order valence-corrected chi connectivity index (χ4v) is 4.04. The molecule has 0 aromatic rings. The van der Waals surface area contributed by atoms with Crippen molar-refractivity contribution in [3.63, 3.8) is 0 Å². The van der Waals surface area contributed by atoms with Crippen LogP contribution in [0.1, 0.15) is 64.2 Å². The maximum Gasteiger partial charge on any atom is 0.223 e. The molecule has 0 atom stereocenters. The SMILES string of the molecule is C#CCNC(=O)CCC(CCC(=O)NCC#C)(CCC(=O)NCC#C)NC(=O)C1CCC(O)CC1. The van der Waals surface area contributed by atoms with Gasteiger partial charge in [0.2, 0.25) is 23.6 Å². The van der Waals surface area contributed by atoms with E-state index in [4.69, 9.17) is 19.3 Å². The second kappa shape index (κ2) is 16.2. The Bertz CT molecular complexity index is 773. The first-order valence-corrected chi connectivity index (χ1v) is 11.9. The Morgan fingerprint density at radius 3 is 1.43 bits per heavy atom. The summed E-state index contributed by atoms with van der Waals surface area (Å²) in [5.74, 6) is 5.61. The van der Waals surface area contributed by atoms with Crippen LogP contribution in [0.3, 0.4) is 0 Å². The van der Waals surface area contributed by atoms with E-state index >= 15 is 0 Å². The van der Waals surface area contributed by atoms with Gasteiger partial charge in [0.25, 0.3) is 0 Å². The fraction of sp³-hybridized carbons (Fsp3) is 0.615. The molecule has 0 bridgehead atoms. The van der Waals surface area contributed by atoms with E-state index in [9.17, 15) is 24.3 Å². The molecule has 4 amide bonds. The van der Waals surface area contributed by atoms with Gasteiger partial charge < -0.3 is 26.4 Å². The second-order valence-electron chi connectivity index (χ2n) is 8.72. The van der Waals surface area contributed by atoms with Gasteiger partial charge in [-0.05, 0) is 44.9 Å². The normalized spacial score (nSPS) is 17.1. The molecule has 0 aromatic carbocycles. The molecular weight excluding hydrogens is 448 g/mol. The first kappa shape index (κ1) is 29.6. The lowest BCUT2D eigenvalue weighted by atomic mass is 9.81. The number of rotatable bonds is 14. The minimum absolute atomic E-state index is 0.0449. The number of carbonyl (C=O) groups excluding carboxylic acids is 4. The van der Waals surface area contributed by atoms with Crippen LogP contribution in [0.2, 0.25) is 0 Å². The molecule has 0 heterocycles. The summed E-state index contributed by atoms with van der Waals surface area (Å²) in [5, 5.41) is 20.6. The van der Waals surface area contributed by atoms with E-state index in [0.29, 0.717) is 25.7 Å². The summed E-state index contributed by atoms with van der Waals surface area (Å²) in [5.41, 5.74) is -0.998. The maximum atomic E-state index is 13.2. The average molecular weight is 485 g/mol. The minimum Gasteiger partial charge on any atom is -0.393 e. The van der Waals surface area contributed by atoms with Crippen LogP contribution in [0.25, 0.3) is 0 Å². The van der Waals surface area contributed by atoms with Crippen molar-refractivity contribution in [3.05, 3.63) is 0 Å². The summed E-state index contributed by atoms with van der Waals surface area (Å²) >= 11 is 0. The van der Waals surface area contributed by atoms with Crippen molar-refractivity contribution in [2.75, 3.05) is 19.6 Å². The molecule has 9 heteroatoms. The Balaban J connectivity index is 3.07. The smallest absolute Gasteiger partial charge is 0.223 e. The van der Waals surface area contributed by atoms with Crippen LogP contribution in [0.4, 0.5) is 0 Å². The maximum absolute atomic E-state index is 13.2. The highest BCUT2D eigenvalue weighted by Gasteiger charge is 2.36. The van der Waals surface area contributed by atoms with Gasteiger partial charge in [-0.15, -0.1) is 19.3 Å². The molecule has 190 valence electrons. The third-order valence-electron chi connectivity index (χ3n) is 6.11. The molecule has 1 rings (SSSR count). The molecule has 0 aliphatic heterocycles. The lowest BCUT2D eigenvalue weighted by molar-refractivity contribution is -0.131. The van der Waals surface area contributed by atoms with Crippen molar-refractivity contribution in [1.29, 1.82) is 0 Å². The number of amides is 4. The summed E-state index contributed by atoms with van der Waals surface area (Å²) in [6.45, 7) is 0.225. The highest BCUT2D eigenvalue weighted by Crippen LogP contribution is 2.30. The molecule has 35 heavy (non-hydrogen) atoms. The van der Waals surface area contributed by atoms with Crippen LogP contribution in [-0.4, -0.2) is 60.0 Å². The van der Waals surface area contributed by atoms with Crippen molar-refractivity contribution >= 4 is 23.6 Å². The lowest BCUT2D eigenvalue weighted by Gasteiger charge is -2.37. The summed E-state index contributed by atoms with van der Waals surface area (Å²) < 4.78 is 0. The van der Waals surface area contributed by atoms with Gasteiger partial charge in [0, 0.05) is 30.7 Å². The molecule has 0 unspecified atom stereocenters. The van der Waals surface area contributed by atoms with Crippen LogP contribution >= 0.6 is 0 Å². The molecule has 1 saturated carbocycles. The van der Waals surface area contributed by atoms with E-state index in [0.717, 1.165) is 0 Å². The lowest BCUT2D eigenvalue weighted by Crippen LogP contribution is -2.52. The molecule has 5 N–H and O–H groups in total. The molecule has 0 spiro atoms. The topological polar surface area (TPSA) is 137 Å². The Hall–Kier alpha value is -3.48. The van der Waals surface area contributed by atoms with Gasteiger partial charge in [-0.1, -0.05) is 17.8 Å². The molecule has 0 aromatic heterocycles. The average Bonchev–Trinajstić information content (AvgIpc) is 2.85. The van der Waals surface area contributed by atoms with E-state index in [2.05, 4.69) is 39.0 Å². The Morgan fingerprint density at radius 2 is 1.09 bits per heavy atom. The molecule has 1 fully saturated rings. The van der Waals surface area contributed by atoms with Gasteiger partial charge in [-0.25, -0.2) is 0 Å². The number of aliphatic hydroxyl groups excluding tert-OH is 1. The van der Waals surface area contributed by atoms with Crippen molar-refractivity contribution in [3.8, 4) is 37.0 Å². The second-order valence-corrected chi connectivity index (χ2v) is 8.72. The zero-order chi connectivity index (χ0) is 26.1. The van der Waals surface area contributed by atoms with E-state index in [1.54, 1.807) is 0 Å². The third-order valence-corrected chi connectivity index (χ3v) is 6.11. The van der Waals surface area contributed by atoms with Crippen LogP contribution in [0.5, 0.6) is 0 Å². The molecular formula is C26H36N4O5. The molecule has 0 saturated heterocycles. The quantitative estimate of drug-likeness (QED) is 0.221. The van der Waals surface area contributed by atoms with E-state index in [1.807, 2.05) is 0 Å². The molecule has 9 nitrogen and oxygen atoms in total. The third kappa shape index (κ3) is 12.0. The van der Waals surface area contributed by atoms with Gasteiger partial charge in [0.15, 0.2) is 0 Å². The minimum atomic E-state index is -0.998. The van der Waals surface area contributed by atoms with E-state index in [1.165, 1.54) is 0 Å². The van der Waals surface area contributed by atoms with Gasteiger partial charge in [0.1, 0.15) is 0 Å². The van der Waals surface area contributed by atoms with Crippen molar-refractivity contribution in [2.24, 2.45) is 5.92 Å². The number of hydrogen-bond acceptors (Lipinski definition) is 5. The fourth-order valence-electron chi connectivity index (χ4n) is 4.04. The van der Waals surface area contributed by atoms with Crippen molar-refractivity contribution in [1.82, 2.24) is 21.3 Å². The zero-order valence-electron chi connectivity index (χ0n) is 20.2. The summed E-state index contributed by atoms with van der Waals surface area (Å²) in [4.78, 5) is 50.0. The van der Waals surface area contributed by atoms with Gasteiger partial charge in [-0.2, -0.15) is 0 Å². The highest BCUT2D eigenvalue weighted by molar-refractivity contribution is 5.81. The predicted octanol–water partition coefficient (Wildman–Crippen LogP) is -0.0187. The monoisotopic (exact) mass is 484 g/mol. The van der Waals surface area contributed by atoms with Gasteiger partial charge >= 0.3 is 0 Å². The van der Waals surface area contributed by atoms with Gasteiger partial charge in [-0.3, -0.25) is 19.2 Å². The number of terminal acetylenes is 3. The summed E-state index contributed by atoms with van der Waals surface area (Å²) in [6, 6.07) is 0. The molecule has 1 aliphatic rings.